The highest BCUT2D eigenvalue weighted by Gasteiger charge is 2.13. The second kappa shape index (κ2) is 6.63. The summed E-state index contributed by atoms with van der Waals surface area (Å²) >= 11 is 0. The van der Waals surface area contributed by atoms with Crippen LogP contribution in [0.4, 0.5) is 5.82 Å². The molecule has 0 amide bonds. The molecule has 3 rings (SSSR count). The molecule has 0 aromatic carbocycles. The summed E-state index contributed by atoms with van der Waals surface area (Å²) in [5.74, 6) is 0.814. The molecule has 132 valence electrons. The Morgan fingerprint density at radius 2 is 1.88 bits per heavy atom. The van der Waals surface area contributed by atoms with Gasteiger partial charge >= 0.3 is 6.01 Å². The Morgan fingerprint density at radius 3 is 2.52 bits per heavy atom. The van der Waals surface area contributed by atoms with E-state index < -0.39 is 9.84 Å². The predicted molar refractivity (Wildman–Crippen MR) is 92.2 cm³/mol. The van der Waals surface area contributed by atoms with Crippen molar-refractivity contribution in [2.24, 2.45) is 0 Å². The van der Waals surface area contributed by atoms with Crippen LogP contribution in [-0.2, 0) is 16.6 Å². The van der Waals surface area contributed by atoms with Crippen molar-refractivity contribution < 1.29 is 13.2 Å². The summed E-state index contributed by atoms with van der Waals surface area (Å²) < 4.78 is 30.8. The highest BCUT2D eigenvalue weighted by Crippen LogP contribution is 2.22. The maximum atomic E-state index is 11.7. The van der Waals surface area contributed by atoms with Gasteiger partial charge in [0.25, 0.3) is 0 Å². The normalized spacial score (nSPS) is 11.6. The van der Waals surface area contributed by atoms with Crippen LogP contribution in [0.2, 0.25) is 0 Å². The van der Waals surface area contributed by atoms with E-state index in [0.717, 1.165) is 16.9 Å². The Labute approximate surface area is 145 Å². The SMILES string of the molecule is CCS(=O)(=O)c1cnc(OCn2ccc3c(N(C)C)ncnc32)nc1. The van der Waals surface area contributed by atoms with E-state index in [-0.39, 0.29) is 23.4 Å². The van der Waals surface area contributed by atoms with Gasteiger partial charge in [0.15, 0.2) is 16.6 Å². The van der Waals surface area contributed by atoms with Crippen molar-refractivity contribution in [3.05, 3.63) is 31.0 Å². The molecule has 0 bridgehead atoms. The number of sulfone groups is 1. The summed E-state index contributed by atoms with van der Waals surface area (Å²) in [5.41, 5.74) is 0.726. The Kier molecular flexibility index (Phi) is 4.53. The molecule has 0 saturated carbocycles. The molecule has 0 aliphatic heterocycles. The highest BCUT2D eigenvalue weighted by molar-refractivity contribution is 7.91. The van der Waals surface area contributed by atoms with Crippen LogP contribution in [0.15, 0.2) is 35.9 Å². The molecule has 0 N–H and O–H groups in total. The zero-order chi connectivity index (χ0) is 18.0. The number of ether oxygens (including phenoxy) is 1. The number of hydrogen-bond donors (Lipinski definition) is 0. The quantitative estimate of drug-likeness (QED) is 0.642. The van der Waals surface area contributed by atoms with Gasteiger partial charge in [-0.2, -0.15) is 0 Å². The van der Waals surface area contributed by atoms with Crippen LogP contribution in [-0.4, -0.2) is 52.8 Å². The third-order valence-electron chi connectivity index (χ3n) is 3.64. The van der Waals surface area contributed by atoms with Crippen molar-refractivity contribution >= 4 is 26.7 Å². The van der Waals surface area contributed by atoms with E-state index in [1.807, 2.05) is 31.3 Å². The molecule has 0 saturated heterocycles. The van der Waals surface area contributed by atoms with Crippen molar-refractivity contribution in [2.75, 3.05) is 24.7 Å². The number of aromatic nitrogens is 5. The molecule has 3 heterocycles. The first-order chi connectivity index (χ1) is 11.9. The minimum absolute atomic E-state index is 0.000165. The zero-order valence-corrected chi connectivity index (χ0v) is 14.9. The van der Waals surface area contributed by atoms with E-state index in [1.54, 1.807) is 11.5 Å². The van der Waals surface area contributed by atoms with Crippen molar-refractivity contribution in [2.45, 2.75) is 18.6 Å². The van der Waals surface area contributed by atoms with Gasteiger partial charge in [0, 0.05) is 20.3 Å². The summed E-state index contributed by atoms with van der Waals surface area (Å²) in [6, 6.07) is 2.00. The van der Waals surface area contributed by atoms with Crippen LogP contribution in [0.5, 0.6) is 6.01 Å². The average Bonchev–Trinajstić information content (AvgIpc) is 3.03. The molecule has 0 aliphatic carbocycles. The Morgan fingerprint density at radius 1 is 1.16 bits per heavy atom. The maximum absolute atomic E-state index is 11.7. The monoisotopic (exact) mass is 362 g/mol. The molecule has 3 aromatic rings. The summed E-state index contributed by atoms with van der Waals surface area (Å²) in [7, 11) is 0.502. The molecule has 0 aliphatic rings. The summed E-state index contributed by atoms with van der Waals surface area (Å²) in [5, 5.41) is 0.904. The molecule has 0 radical (unpaired) electrons. The van der Waals surface area contributed by atoms with Gasteiger partial charge in [0.1, 0.15) is 22.7 Å². The van der Waals surface area contributed by atoms with Crippen LogP contribution in [0, 0.1) is 0 Å². The molecule has 0 fully saturated rings. The first-order valence-corrected chi connectivity index (χ1v) is 9.22. The van der Waals surface area contributed by atoms with Crippen molar-refractivity contribution in [3.63, 3.8) is 0 Å². The molecule has 3 aromatic heterocycles. The number of fused-ring (bicyclic) bond motifs is 1. The second-order valence-corrected chi connectivity index (χ2v) is 7.77. The molecular formula is C15H18N6O3S. The fourth-order valence-corrected chi connectivity index (χ4v) is 3.04. The van der Waals surface area contributed by atoms with Crippen LogP contribution >= 0.6 is 0 Å². The van der Waals surface area contributed by atoms with E-state index in [9.17, 15) is 8.42 Å². The smallest absolute Gasteiger partial charge is 0.318 e. The van der Waals surface area contributed by atoms with Crippen molar-refractivity contribution in [3.8, 4) is 6.01 Å². The molecule has 10 heteroatoms. The topological polar surface area (TPSA) is 103 Å². The number of rotatable bonds is 6. The predicted octanol–water partition coefficient (Wildman–Crippen LogP) is 1.12. The lowest BCUT2D eigenvalue weighted by Gasteiger charge is -2.12. The van der Waals surface area contributed by atoms with E-state index in [4.69, 9.17) is 4.74 Å². The Bertz CT molecular complexity index is 982. The van der Waals surface area contributed by atoms with Gasteiger partial charge < -0.3 is 9.64 Å². The van der Waals surface area contributed by atoms with Crippen molar-refractivity contribution in [1.82, 2.24) is 24.5 Å². The summed E-state index contributed by atoms with van der Waals surface area (Å²) in [6.07, 6.45) is 5.83. The number of nitrogens with zero attached hydrogens (tertiary/aromatic N) is 6. The maximum Gasteiger partial charge on any atom is 0.318 e. The Hall–Kier alpha value is -2.75. The Balaban J connectivity index is 1.78. The fraction of sp³-hybridized carbons (Fsp3) is 0.333. The second-order valence-electron chi connectivity index (χ2n) is 5.49. The summed E-state index contributed by atoms with van der Waals surface area (Å²) in [4.78, 5) is 18.4. The van der Waals surface area contributed by atoms with Gasteiger partial charge in [-0.3, -0.25) is 4.57 Å². The first-order valence-electron chi connectivity index (χ1n) is 7.57. The molecular weight excluding hydrogens is 344 g/mol. The fourth-order valence-electron chi connectivity index (χ4n) is 2.28. The molecule has 0 unspecified atom stereocenters. The molecule has 25 heavy (non-hydrogen) atoms. The van der Waals surface area contributed by atoms with E-state index >= 15 is 0 Å². The van der Waals surface area contributed by atoms with Crippen LogP contribution in [0.1, 0.15) is 6.92 Å². The first kappa shape index (κ1) is 17.1. The summed E-state index contributed by atoms with van der Waals surface area (Å²) in [6.45, 7) is 1.72. The molecule has 0 atom stereocenters. The van der Waals surface area contributed by atoms with Gasteiger partial charge in [0.05, 0.1) is 23.5 Å². The van der Waals surface area contributed by atoms with Crippen LogP contribution in [0.3, 0.4) is 0 Å². The van der Waals surface area contributed by atoms with Gasteiger partial charge in [-0.25, -0.2) is 28.4 Å². The van der Waals surface area contributed by atoms with Crippen LogP contribution < -0.4 is 9.64 Å². The molecule has 9 nitrogen and oxygen atoms in total. The number of anilines is 1. The minimum atomic E-state index is -3.32. The van der Waals surface area contributed by atoms with Crippen LogP contribution in [0.25, 0.3) is 11.0 Å². The van der Waals surface area contributed by atoms with Gasteiger partial charge in [-0.1, -0.05) is 6.92 Å². The number of hydrogen-bond acceptors (Lipinski definition) is 8. The van der Waals surface area contributed by atoms with Crippen molar-refractivity contribution in [1.29, 1.82) is 0 Å². The van der Waals surface area contributed by atoms with Gasteiger partial charge in [0.2, 0.25) is 0 Å². The largest absolute Gasteiger partial charge is 0.442 e. The van der Waals surface area contributed by atoms with Gasteiger partial charge in [-0.05, 0) is 6.07 Å². The third-order valence-corrected chi connectivity index (χ3v) is 5.32. The van der Waals surface area contributed by atoms with E-state index in [0.29, 0.717) is 0 Å². The van der Waals surface area contributed by atoms with Gasteiger partial charge in [-0.15, -0.1) is 0 Å². The lowest BCUT2D eigenvalue weighted by atomic mass is 10.3. The molecule has 0 spiro atoms. The average molecular weight is 362 g/mol. The third kappa shape index (κ3) is 3.38. The minimum Gasteiger partial charge on any atom is -0.442 e. The lowest BCUT2D eigenvalue weighted by Crippen LogP contribution is -2.12. The van der Waals surface area contributed by atoms with E-state index in [2.05, 4.69) is 19.9 Å². The lowest BCUT2D eigenvalue weighted by molar-refractivity contribution is 0.220. The zero-order valence-electron chi connectivity index (χ0n) is 14.1. The highest BCUT2D eigenvalue weighted by atomic mass is 32.2. The standard InChI is InChI=1S/C15H18N6O3S/c1-4-25(22,23)11-7-16-15(17-8-11)24-10-21-6-5-12-13(20(2)3)18-9-19-14(12)21/h5-9H,4,10H2,1-3H3. The van der Waals surface area contributed by atoms with E-state index in [1.165, 1.54) is 18.7 Å².